The second-order valence-electron chi connectivity index (χ2n) is 3.04. The van der Waals surface area contributed by atoms with Gasteiger partial charge in [-0.05, 0) is 18.2 Å². The molecule has 0 saturated heterocycles. The van der Waals surface area contributed by atoms with E-state index in [1.54, 1.807) is 0 Å². The zero-order chi connectivity index (χ0) is 11.6. The predicted octanol–water partition coefficient (Wildman–Crippen LogP) is 4.34. The molecule has 0 amide bonds. The zero-order valence-electron chi connectivity index (χ0n) is 7.77. The van der Waals surface area contributed by atoms with Crippen LogP contribution in [-0.4, -0.2) is 0 Å². The van der Waals surface area contributed by atoms with Crippen molar-refractivity contribution < 1.29 is 13.2 Å². The fourth-order valence-corrected chi connectivity index (χ4v) is 1.39. The number of halogens is 4. The number of hydrogen-bond acceptors (Lipinski definition) is 0. The van der Waals surface area contributed by atoms with Gasteiger partial charge >= 0.3 is 6.18 Å². The molecule has 0 fully saturated rings. The summed E-state index contributed by atoms with van der Waals surface area (Å²) in [6.45, 7) is 8.26. The summed E-state index contributed by atoms with van der Waals surface area (Å²) in [5.41, 5.74) is -0.570. The van der Waals surface area contributed by atoms with Crippen LogP contribution in [0.1, 0.15) is 24.1 Å². The molecule has 0 aliphatic rings. The Hall–Kier alpha value is -1.21. The molecule has 1 aromatic carbocycles. The first kappa shape index (κ1) is 11.9. The fourth-order valence-electron chi connectivity index (χ4n) is 1.11. The summed E-state index contributed by atoms with van der Waals surface area (Å²) in [4.78, 5) is 3.14. The van der Waals surface area contributed by atoms with Crippen LogP contribution in [0.4, 0.5) is 13.2 Å². The molecule has 1 rings (SSSR count). The van der Waals surface area contributed by atoms with Crippen LogP contribution in [0.5, 0.6) is 0 Å². The highest BCUT2D eigenvalue weighted by molar-refractivity contribution is 6.31. The van der Waals surface area contributed by atoms with E-state index in [1.807, 2.05) is 0 Å². The summed E-state index contributed by atoms with van der Waals surface area (Å²) in [6, 6.07) is 2.33. The van der Waals surface area contributed by atoms with Gasteiger partial charge in [-0.2, -0.15) is 13.2 Å². The Labute approximate surface area is 90.3 Å². The first-order chi connectivity index (χ1) is 6.86. The van der Waals surface area contributed by atoms with E-state index in [4.69, 9.17) is 18.2 Å². The van der Waals surface area contributed by atoms with Gasteiger partial charge in [0.15, 0.2) is 0 Å². The van der Waals surface area contributed by atoms with Gasteiger partial charge in [0.1, 0.15) is 0 Å². The van der Waals surface area contributed by atoms with Gasteiger partial charge in [-0.3, -0.25) is 0 Å². The minimum Gasteiger partial charge on any atom is -0.309 e. The van der Waals surface area contributed by atoms with E-state index in [2.05, 4.69) is 4.85 Å². The first-order valence-corrected chi connectivity index (χ1v) is 4.47. The van der Waals surface area contributed by atoms with Crippen LogP contribution in [-0.2, 0) is 6.18 Å². The molecule has 0 N–H and O–H groups in total. The minimum atomic E-state index is -4.40. The lowest BCUT2D eigenvalue weighted by Gasteiger charge is -2.09. The molecule has 0 heterocycles. The quantitative estimate of drug-likeness (QED) is 0.636. The van der Waals surface area contributed by atoms with Crippen LogP contribution in [0.25, 0.3) is 4.85 Å². The molecule has 1 unspecified atom stereocenters. The summed E-state index contributed by atoms with van der Waals surface area (Å²) < 4.78 is 37.0. The molecule has 5 heteroatoms. The average molecular weight is 234 g/mol. The maximum absolute atomic E-state index is 12.3. The highest BCUT2D eigenvalue weighted by Gasteiger charge is 2.31. The normalized spacial score (nSPS) is 13.3. The van der Waals surface area contributed by atoms with Gasteiger partial charge in [-0.25, -0.2) is 6.57 Å². The second kappa shape index (κ2) is 4.11. The number of hydrogen-bond donors (Lipinski definition) is 0. The van der Waals surface area contributed by atoms with E-state index < -0.39 is 17.8 Å². The maximum Gasteiger partial charge on any atom is 0.416 e. The Balaban J connectivity index is 3.24. The predicted molar refractivity (Wildman–Crippen MR) is 51.5 cm³/mol. The SMILES string of the molecule is [C-]#[N+]C(C)c1cc(C(F)(F)F)ccc1Cl. The first-order valence-electron chi connectivity index (χ1n) is 4.09. The van der Waals surface area contributed by atoms with E-state index >= 15 is 0 Å². The lowest BCUT2D eigenvalue weighted by atomic mass is 10.1. The Kier molecular flexibility index (Phi) is 3.25. The fraction of sp³-hybridized carbons (Fsp3) is 0.300. The summed E-state index contributed by atoms with van der Waals surface area (Å²) in [7, 11) is 0. The lowest BCUT2D eigenvalue weighted by molar-refractivity contribution is -0.137. The Morgan fingerprint density at radius 2 is 2.00 bits per heavy atom. The molecule has 1 nitrogen and oxygen atoms in total. The highest BCUT2D eigenvalue weighted by atomic mass is 35.5. The Morgan fingerprint density at radius 3 is 2.47 bits per heavy atom. The molecule has 0 aliphatic heterocycles. The molecule has 0 radical (unpaired) electrons. The third kappa shape index (κ3) is 2.63. The van der Waals surface area contributed by atoms with Crippen molar-refractivity contribution in [3.8, 4) is 0 Å². The third-order valence-corrected chi connectivity index (χ3v) is 2.31. The van der Waals surface area contributed by atoms with Crippen molar-refractivity contribution in [2.45, 2.75) is 19.1 Å². The van der Waals surface area contributed by atoms with Crippen molar-refractivity contribution in [3.63, 3.8) is 0 Å². The molecule has 0 bridgehead atoms. The number of alkyl halides is 3. The standard InChI is InChI=1S/C10H7ClF3N/c1-6(15-2)8-5-7(10(12,13)14)3-4-9(8)11/h3-6H,1H3. The van der Waals surface area contributed by atoms with Crippen molar-refractivity contribution in [2.75, 3.05) is 0 Å². The van der Waals surface area contributed by atoms with E-state index in [-0.39, 0.29) is 10.6 Å². The van der Waals surface area contributed by atoms with Gasteiger partial charge in [0.25, 0.3) is 0 Å². The average Bonchev–Trinajstić information content (AvgIpc) is 2.15. The van der Waals surface area contributed by atoms with E-state index in [0.29, 0.717) is 0 Å². The van der Waals surface area contributed by atoms with Crippen molar-refractivity contribution in [1.82, 2.24) is 0 Å². The molecule has 80 valence electrons. The molecule has 1 aromatic rings. The summed E-state index contributed by atoms with van der Waals surface area (Å²) >= 11 is 5.71. The zero-order valence-corrected chi connectivity index (χ0v) is 8.52. The second-order valence-corrected chi connectivity index (χ2v) is 3.45. The Morgan fingerprint density at radius 1 is 1.40 bits per heavy atom. The molecule has 0 saturated carbocycles. The van der Waals surface area contributed by atoms with Gasteiger partial charge in [0.2, 0.25) is 6.04 Å². The van der Waals surface area contributed by atoms with Crippen molar-refractivity contribution in [2.24, 2.45) is 0 Å². The smallest absolute Gasteiger partial charge is 0.309 e. The van der Waals surface area contributed by atoms with Crippen molar-refractivity contribution in [1.29, 1.82) is 0 Å². The largest absolute Gasteiger partial charge is 0.416 e. The van der Waals surface area contributed by atoms with Crippen LogP contribution in [0.15, 0.2) is 18.2 Å². The lowest BCUT2D eigenvalue weighted by Crippen LogP contribution is -2.06. The number of rotatable bonds is 1. The Bertz CT molecular complexity index is 406. The van der Waals surface area contributed by atoms with Gasteiger partial charge in [0, 0.05) is 6.92 Å². The molecule has 0 aliphatic carbocycles. The highest BCUT2D eigenvalue weighted by Crippen LogP contribution is 2.34. The van der Waals surface area contributed by atoms with Crippen LogP contribution in [0.2, 0.25) is 5.02 Å². The minimum absolute atomic E-state index is 0.187. The van der Waals surface area contributed by atoms with E-state index in [0.717, 1.165) is 12.1 Å². The maximum atomic E-state index is 12.3. The van der Waals surface area contributed by atoms with Gasteiger partial charge in [0.05, 0.1) is 16.1 Å². The van der Waals surface area contributed by atoms with Gasteiger partial charge in [-0.1, -0.05) is 11.6 Å². The molecular formula is C10H7ClF3N. The summed E-state index contributed by atoms with van der Waals surface area (Å²) in [6.07, 6.45) is -4.40. The van der Waals surface area contributed by atoms with E-state index in [9.17, 15) is 13.2 Å². The van der Waals surface area contributed by atoms with Crippen LogP contribution in [0.3, 0.4) is 0 Å². The summed E-state index contributed by atoms with van der Waals surface area (Å²) in [5, 5.41) is 0.187. The molecule has 1 atom stereocenters. The molecule has 15 heavy (non-hydrogen) atoms. The number of benzene rings is 1. The van der Waals surface area contributed by atoms with Crippen molar-refractivity contribution in [3.05, 3.63) is 45.8 Å². The summed E-state index contributed by atoms with van der Waals surface area (Å²) in [5.74, 6) is 0. The monoisotopic (exact) mass is 233 g/mol. The topological polar surface area (TPSA) is 4.36 Å². The van der Waals surface area contributed by atoms with Crippen LogP contribution in [0, 0.1) is 6.57 Å². The molecular weight excluding hydrogens is 227 g/mol. The van der Waals surface area contributed by atoms with Crippen LogP contribution < -0.4 is 0 Å². The van der Waals surface area contributed by atoms with Gasteiger partial charge < -0.3 is 4.85 Å². The number of nitrogens with zero attached hydrogens (tertiary/aromatic N) is 1. The molecule has 0 spiro atoms. The van der Waals surface area contributed by atoms with Gasteiger partial charge in [-0.15, -0.1) is 0 Å². The van der Waals surface area contributed by atoms with Crippen LogP contribution >= 0.6 is 11.6 Å². The van der Waals surface area contributed by atoms with E-state index in [1.165, 1.54) is 13.0 Å². The van der Waals surface area contributed by atoms with Crippen molar-refractivity contribution >= 4 is 11.6 Å². The molecule has 0 aromatic heterocycles. The third-order valence-electron chi connectivity index (χ3n) is 1.97.